The molecule has 2 aromatic carbocycles. The number of anilines is 1. The maximum absolute atomic E-state index is 13.6. The Balaban J connectivity index is 1.37. The largest absolute Gasteiger partial charge is 0.330 e. The summed E-state index contributed by atoms with van der Waals surface area (Å²) in [6.45, 7) is 0.253. The molecular weight excluding hydrogens is 404 g/mol. The minimum atomic E-state index is -0.955. The Morgan fingerprint density at radius 3 is 2.74 bits per heavy atom. The lowest BCUT2D eigenvalue weighted by atomic mass is 10.1. The van der Waals surface area contributed by atoms with Crippen LogP contribution in [0.25, 0.3) is 33.3 Å². The summed E-state index contributed by atoms with van der Waals surface area (Å²) in [6, 6.07) is 11.7. The van der Waals surface area contributed by atoms with Gasteiger partial charge in [-0.25, -0.2) is 18.4 Å². The van der Waals surface area contributed by atoms with Crippen LogP contribution in [0.5, 0.6) is 0 Å². The Kier molecular flexibility index (Phi) is 4.46. The van der Waals surface area contributed by atoms with Crippen LogP contribution in [0.1, 0.15) is 6.42 Å². The van der Waals surface area contributed by atoms with Gasteiger partial charge in [-0.1, -0.05) is 30.3 Å². The number of halogens is 2. The fourth-order valence-electron chi connectivity index (χ4n) is 3.58. The van der Waals surface area contributed by atoms with Gasteiger partial charge >= 0.3 is 0 Å². The molecule has 0 radical (unpaired) electrons. The molecule has 5 aromatic rings. The number of benzene rings is 2. The number of fused-ring (bicyclic) bond motifs is 2. The SMILES string of the molecule is Cn1nc(-c2ccccc2)c2c(NC(=O)CCn3cnc4cc(F)c(F)cc43)[nH]nc21. The summed E-state index contributed by atoms with van der Waals surface area (Å²) in [5.74, 6) is -1.72. The molecule has 3 aromatic heterocycles. The van der Waals surface area contributed by atoms with Crippen molar-refractivity contribution >= 4 is 33.8 Å². The third-order valence-corrected chi connectivity index (χ3v) is 5.10. The molecule has 5 rings (SSSR count). The van der Waals surface area contributed by atoms with Gasteiger partial charge in [0.25, 0.3) is 0 Å². The fraction of sp³-hybridized carbons (Fsp3) is 0.143. The van der Waals surface area contributed by atoms with Crippen LogP contribution in [0.3, 0.4) is 0 Å². The molecule has 0 aliphatic carbocycles. The number of nitrogens with one attached hydrogen (secondary N) is 2. The minimum absolute atomic E-state index is 0.103. The molecule has 31 heavy (non-hydrogen) atoms. The Morgan fingerprint density at radius 1 is 1.16 bits per heavy atom. The molecule has 0 saturated heterocycles. The molecule has 3 heterocycles. The molecule has 1 amide bonds. The second-order valence-electron chi connectivity index (χ2n) is 7.13. The molecule has 0 bridgehead atoms. The van der Waals surface area contributed by atoms with Crippen LogP contribution in [-0.2, 0) is 18.4 Å². The number of amides is 1. The molecule has 0 aliphatic rings. The molecule has 0 fully saturated rings. The maximum atomic E-state index is 13.6. The Hall–Kier alpha value is -4.08. The highest BCUT2D eigenvalue weighted by atomic mass is 19.2. The Morgan fingerprint density at radius 2 is 1.94 bits per heavy atom. The molecule has 0 atom stereocenters. The fourth-order valence-corrected chi connectivity index (χ4v) is 3.58. The molecule has 156 valence electrons. The lowest BCUT2D eigenvalue weighted by molar-refractivity contribution is -0.116. The summed E-state index contributed by atoms with van der Waals surface area (Å²) >= 11 is 0. The molecule has 0 unspecified atom stereocenters. The van der Waals surface area contributed by atoms with Crippen LogP contribution >= 0.6 is 0 Å². The van der Waals surface area contributed by atoms with E-state index in [1.807, 2.05) is 30.3 Å². The van der Waals surface area contributed by atoms with E-state index in [1.54, 1.807) is 16.3 Å². The highest BCUT2D eigenvalue weighted by Crippen LogP contribution is 2.31. The predicted octanol–water partition coefficient (Wildman–Crippen LogP) is 3.62. The van der Waals surface area contributed by atoms with Crippen LogP contribution in [0, 0.1) is 11.6 Å². The second kappa shape index (κ2) is 7.31. The molecule has 0 spiro atoms. The normalized spacial score (nSPS) is 11.5. The van der Waals surface area contributed by atoms with Crippen LogP contribution in [0.15, 0.2) is 48.8 Å². The van der Waals surface area contributed by atoms with Crippen molar-refractivity contribution in [3.63, 3.8) is 0 Å². The highest BCUT2D eigenvalue weighted by molar-refractivity contribution is 6.05. The second-order valence-corrected chi connectivity index (χ2v) is 7.13. The predicted molar refractivity (Wildman–Crippen MR) is 111 cm³/mol. The van der Waals surface area contributed by atoms with E-state index in [2.05, 4.69) is 25.6 Å². The van der Waals surface area contributed by atoms with E-state index in [9.17, 15) is 13.6 Å². The molecule has 0 aliphatic heterocycles. The number of rotatable bonds is 5. The first-order chi connectivity index (χ1) is 15.0. The third kappa shape index (κ3) is 3.31. The van der Waals surface area contributed by atoms with Gasteiger partial charge in [0.2, 0.25) is 5.91 Å². The van der Waals surface area contributed by atoms with Gasteiger partial charge < -0.3 is 9.88 Å². The summed E-state index contributed by atoms with van der Waals surface area (Å²) in [7, 11) is 1.79. The average Bonchev–Trinajstić information content (AvgIpc) is 3.44. The number of H-pyrrole nitrogens is 1. The minimum Gasteiger partial charge on any atom is -0.330 e. The van der Waals surface area contributed by atoms with Crippen molar-refractivity contribution in [2.45, 2.75) is 13.0 Å². The van der Waals surface area contributed by atoms with Crippen LogP contribution in [0.4, 0.5) is 14.6 Å². The van der Waals surface area contributed by atoms with Gasteiger partial charge in [-0.05, 0) is 0 Å². The van der Waals surface area contributed by atoms with E-state index in [4.69, 9.17) is 0 Å². The zero-order valence-corrected chi connectivity index (χ0v) is 16.4. The van der Waals surface area contributed by atoms with Gasteiger partial charge in [-0.15, -0.1) is 0 Å². The summed E-state index contributed by atoms with van der Waals surface area (Å²) in [4.78, 5) is 16.7. The smallest absolute Gasteiger partial charge is 0.227 e. The topological polar surface area (TPSA) is 93.4 Å². The Labute approximate surface area is 174 Å². The first-order valence-electron chi connectivity index (χ1n) is 9.57. The van der Waals surface area contributed by atoms with Gasteiger partial charge in [0.15, 0.2) is 17.3 Å². The van der Waals surface area contributed by atoms with Crippen LogP contribution < -0.4 is 5.32 Å². The van der Waals surface area contributed by atoms with E-state index in [0.717, 1.165) is 17.7 Å². The number of aromatic amines is 1. The van der Waals surface area contributed by atoms with Crippen molar-refractivity contribution < 1.29 is 13.6 Å². The number of hydrogen-bond acceptors (Lipinski definition) is 4. The summed E-state index contributed by atoms with van der Waals surface area (Å²) in [5, 5.41) is 15.2. The number of hydrogen-bond donors (Lipinski definition) is 2. The zero-order chi connectivity index (χ0) is 21.5. The van der Waals surface area contributed by atoms with Crippen LogP contribution in [0.2, 0.25) is 0 Å². The number of imidazole rings is 1. The standard InChI is InChI=1S/C21H17F2N7O/c1-29-21-18(19(28-29)12-5-3-2-4-6-12)20(26-27-21)25-17(31)7-8-30-11-24-15-9-13(22)14(23)10-16(15)30/h2-6,9-11H,7-8H2,1H3,(H2,25,26,27,31). The number of aromatic nitrogens is 6. The third-order valence-electron chi connectivity index (χ3n) is 5.10. The van der Waals surface area contributed by atoms with Crippen molar-refractivity contribution in [1.29, 1.82) is 0 Å². The van der Waals surface area contributed by atoms with E-state index < -0.39 is 11.6 Å². The van der Waals surface area contributed by atoms with Crippen molar-refractivity contribution in [1.82, 2.24) is 29.5 Å². The van der Waals surface area contributed by atoms with E-state index in [-0.39, 0.29) is 18.9 Å². The van der Waals surface area contributed by atoms with E-state index in [1.165, 1.54) is 6.33 Å². The maximum Gasteiger partial charge on any atom is 0.227 e. The number of nitrogens with zero attached hydrogens (tertiary/aromatic N) is 5. The number of carbonyl (C=O) groups excluding carboxylic acids is 1. The van der Waals surface area contributed by atoms with Gasteiger partial charge in [0, 0.05) is 37.7 Å². The average molecular weight is 421 g/mol. The first kappa shape index (κ1) is 18.9. The van der Waals surface area contributed by atoms with Gasteiger partial charge in [-0.3, -0.25) is 9.89 Å². The zero-order valence-electron chi connectivity index (χ0n) is 16.4. The summed E-state index contributed by atoms with van der Waals surface area (Å²) in [5.41, 5.74) is 2.99. The van der Waals surface area contributed by atoms with Crippen molar-refractivity contribution in [3.05, 3.63) is 60.4 Å². The molecule has 0 saturated carbocycles. The molecule has 2 N–H and O–H groups in total. The van der Waals surface area contributed by atoms with E-state index >= 15 is 0 Å². The first-order valence-corrected chi connectivity index (χ1v) is 9.57. The monoisotopic (exact) mass is 421 g/mol. The molecule has 8 nitrogen and oxygen atoms in total. The highest BCUT2D eigenvalue weighted by Gasteiger charge is 2.19. The van der Waals surface area contributed by atoms with Gasteiger partial charge in [-0.2, -0.15) is 10.2 Å². The van der Waals surface area contributed by atoms with Crippen molar-refractivity contribution in [2.24, 2.45) is 7.05 Å². The van der Waals surface area contributed by atoms with Gasteiger partial charge in [0.05, 0.1) is 22.7 Å². The van der Waals surface area contributed by atoms with Crippen molar-refractivity contribution in [3.8, 4) is 11.3 Å². The van der Waals surface area contributed by atoms with Crippen molar-refractivity contribution in [2.75, 3.05) is 5.32 Å². The quantitative estimate of drug-likeness (QED) is 0.453. The number of carbonyl (C=O) groups is 1. The lowest BCUT2D eigenvalue weighted by Crippen LogP contribution is -2.14. The summed E-state index contributed by atoms with van der Waals surface area (Å²) < 4.78 is 30.2. The van der Waals surface area contributed by atoms with Gasteiger partial charge in [0.1, 0.15) is 11.5 Å². The number of aryl methyl sites for hydroxylation is 2. The molecular formula is C21H17F2N7O. The molecule has 10 heteroatoms. The lowest BCUT2D eigenvalue weighted by Gasteiger charge is -2.06. The van der Waals surface area contributed by atoms with E-state index in [0.29, 0.717) is 33.6 Å². The van der Waals surface area contributed by atoms with Crippen LogP contribution in [-0.4, -0.2) is 35.4 Å². The Bertz CT molecular complexity index is 1420. The summed E-state index contributed by atoms with van der Waals surface area (Å²) in [6.07, 6.45) is 1.56.